The van der Waals surface area contributed by atoms with Gasteiger partial charge in [-0.25, -0.2) is 23.6 Å². The van der Waals surface area contributed by atoms with Crippen molar-refractivity contribution in [2.75, 3.05) is 24.5 Å². The molecule has 1 aliphatic carbocycles. The maximum atomic E-state index is 14.5. The molecule has 4 aromatic rings. The van der Waals surface area contributed by atoms with Crippen LogP contribution in [0.2, 0.25) is 0 Å². The molecule has 1 saturated heterocycles. The number of pyridine rings is 2. The molecule has 1 N–H and O–H groups in total. The Hall–Kier alpha value is -3.33. The minimum atomic E-state index is -0.478. The van der Waals surface area contributed by atoms with E-state index in [0.717, 1.165) is 30.9 Å². The summed E-state index contributed by atoms with van der Waals surface area (Å²) in [6.07, 6.45) is 7.63. The smallest absolute Gasteiger partial charge is 0.355 e. The van der Waals surface area contributed by atoms with Crippen LogP contribution in [0.1, 0.15) is 24.1 Å². The van der Waals surface area contributed by atoms with Gasteiger partial charge in [0.05, 0.1) is 11.4 Å². The average Bonchev–Trinajstić information content (AvgIpc) is 3.36. The third-order valence-electron chi connectivity index (χ3n) is 6.30. The molecule has 4 aromatic heterocycles. The van der Waals surface area contributed by atoms with E-state index in [1.165, 1.54) is 23.3 Å². The Balaban J connectivity index is 1.45. The van der Waals surface area contributed by atoms with Gasteiger partial charge in [-0.1, -0.05) is 0 Å². The van der Waals surface area contributed by atoms with Crippen molar-refractivity contribution in [3.8, 4) is 11.4 Å². The second-order valence-electron chi connectivity index (χ2n) is 8.72. The van der Waals surface area contributed by atoms with E-state index >= 15 is 0 Å². The second kappa shape index (κ2) is 6.34. The van der Waals surface area contributed by atoms with Crippen LogP contribution >= 0.6 is 0 Å². The maximum absolute atomic E-state index is 14.5. The van der Waals surface area contributed by atoms with Gasteiger partial charge in [-0.15, -0.1) is 0 Å². The topological polar surface area (TPSA) is 79.8 Å². The van der Waals surface area contributed by atoms with Crippen molar-refractivity contribution in [3.63, 3.8) is 0 Å². The summed E-state index contributed by atoms with van der Waals surface area (Å²) in [5.74, 6) is -0.277. The van der Waals surface area contributed by atoms with E-state index in [4.69, 9.17) is 0 Å². The second-order valence-corrected chi connectivity index (χ2v) is 8.72. The summed E-state index contributed by atoms with van der Waals surface area (Å²) in [6, 6.07) is 3.39. The zero-order chi connectivity index (χ0) is 21.3. The molecule has 5 heterocycles. The number of fused-ring (bicyclic) bond motifs is 2. The number of hydrogen-bond donors (Lipinski definition) is 1. The van der Waals surface area contributed by atoms with Gasteiger partial charge >= 0.3 is 5.69 Å². The van der Waals surface area contributed by atoms with Gasteiger partial charge < -0.3 is 14.6 Å². The van der Waals surface area contributed by atoms with Gasteiger partial charge in [-0.05, 0) is 44.4 Å². The molecule has 6 rings (SSSR count). The number of imidazole rings is 1. The van der Waals surface area contributed by atoms with Crippen molar-refractivity contribution in [1.29, 1.82) is 0 Å². The van der Waals surface area contributed by atoms with Crippen molar-refractivity contribution >= 4 is 17.0 Å². The highest BCUT2D eigenvalue weighted by Crippen LogP contribution is 2.38. The van der Waals surface area contributed by atoms with Crippen molar-refractivity contribution in [2.45, 2.75) is 32.2 Å². The standard InChI is InChI=1S/C22H22FN7O/c1-13-7-16(28-6-5-24-22(12-28)3-4-22)11-30-19(13)26-18(27-21(30)31)15-8-17(23)20-25-14(2)9-29(20)10-15/h7-11,24H,3-6,12H2,1-2H3. The highest BCUT2D eigenvalue weighted by Gasteiger charge is 2.45. The molecule has 9 heteroatoms. The maximum Gasteiger partial charge on any atom is 0.355 e. The zero-order valence-corrected chi connectivity index (χ0v) is 17.4. The Kier molecular flexibility index (Phi) is 3.77. The number of nitrogens with zero attached hydrogens (tertiary/aromatic N) is 6. The summed E-state index contributed by atoms with van der Waals surface area (Å²) in [7, 11) is 0. The van der Waals surface area contributed by atoms with Crippen LogP contribution in [-0.2, 0) is 0 Å². The molecule has 1 aliphatic heterocycles. The number of halogens is 1. The lowest BCUT2D eigenvalue weighted by molar-refractivity contribution is 0.442. The van der Waals surface area contributed by atoms with Crippen LogP contribution in [0.15, 0.2) is 35.5 Å². The lowest BCUT2D eigenvalue weighted by atomic mass is 10.1. The number of hydrogen-bond acceptors (Lipinski definition) is 6. The molecule has 0 amide bonds. The van der Waals surface area contributed by atoms with Gasteiger partial charge in [0.25, 0.3) is 0 Å². The number of aromatic nitrogens is 5. The average molecular weight is 419 g/mol. The van der Waals surface area contributed by atoms with Crippen molar-refractivity contribution in [2.24, 2.45) is 0 Å². The van der Waals surface area contributed by atoms with E-state index < -0.39 is 11.5 Å². The van der Waals surface area contributed by atoms with Crippen LogP contribution < -0.4 is 15.9 Å². The summed E-state index contributed by atoms with van der Waals surface area (Å²) in [4.78, 5) is 28.2. The molecule has 2 fully saturated rings. The number of rotatable bonds is 2. The molecule has 8 nitrogen and oxygen atoms in total. The molecule has 158 valence electrons. The van der Waals surface area contributed by atoms with Crippen LogP contribution in [-0.4, -0.2) is 48.9 Å². The van der Waals surface area contributed by atoms with Gasteiger partial charge in [0, 0.05) is 49.3 Å². The van der Waals surface area contributed by atoms with Crippen LogP contribution in [0.4, 0.5) is 10.1 Å². The third-order valence-corrected chi connectivity index (χ3v) is 6.30. The minimum absolute atomic E-state index is 0.201. The Labute approximate surface area is 177 Å². The molecule has 1 saturated carbocycles. The zero-order valence-electron chi connectivity index (χ0n) is 17.4. The minimum Gasteiger partial charge on any atom is -0.367 e. The predicted octanol–water partition coefficient (Wildman–Crippen LogP) is 2.10. The molecule has 0 bridgehead atoms. The first-order valence-corrected chi connectivity index (χ1v) is 10.5. The van der Waals surface area contributed by atoms with Crippen molar-refractivity contribution in [1.82, 2.24) is 29.1 Å². The number of aryl methyl sites for hydroxylation is 2. The summed E-state index contributed by atoms with van der Waals surface area (Å²) < 4.78 is 17.6. The van der Waals surface area contributed by atoms with E-state index in [9.17, 15) is 9.18 Å². The summed E-state index contributed by atoms with van der Waals surface area (Å²) in [5, 5.41) is 3.60. The van der Waals surface area contributed by atoms with Gasteiger partial charge in [-0.2, -0.15) is 4.98 Å². The van der Waals surface area contributed by atoms with E-state index in [0.29, 0.717) is 16.9 Å². The van der Waals surface area contributed by atoms with Gasteiger partial charge in [-0.3, -0.25) is 0 Å². The Morgan fingerprint density at radius 3 is 2.71 bits per heavy atom. The number of piperazine rings is 1. The highest BCUT2D eigenvalue weighted by molar-refractivity contribution is 5.63. The lowest BCUT2D eigenvalue weighted by Gasteiger charge is -2.35. The van der Waals surface area contributed by atoms with Crippen LogP contribution in [0, 0.1) is 19.7 Å². The first-order valence-electron chi connectivity index (χ1n) is 10.5. The quantitative estimate of drug-likeness (QED) is 0.536. The van der Waals surface area contributed by atoms with E-state index in [1.807, 2.05) is 13.1 Å². The molecule has 0 unspecified atom stereocenters. The molecular formula is C22H22FN7O. The van der Waals surface area contributed by atoms with E-state index in [-0.39, 0.29) is 17.0 Å². The number of nitrogens with one attached hydrogen (secondary N) is 1. The Morgan fingerprint density at radius 2 is 1.90 bits per heavy atom. The van der Waals surface area contributed by atoms with E-state index in [2.05, 4.69) is 31.2 Å². The first kappa shape index (κ1) is 18.4. The monoisotopic (exact) mass is 419 g/mol. The molecular weight excluding hydrogens is 397 g/mol. The summed E-state index contributed by atoms with van der Waals surface area (Å²) in [5.41, 5.74) is 3.59. The van der Waals surface area contributed by atoms with Crippen LogP contribution in [0.3, 0.4) is 0 Å². The van der Waals surface area contributed by atoms with Crippen LogP contribution in [0.5, 0.6) is 0 Å². The van der Waals surface area contributed by atoms with Gasteiger partial charge in [0.15, 0.2) is 17.3 Å². The molecule has 0 radical (unpaired) electrons. The lowest BCUT2D eigenvalue weighted by Crippen LogP contribution is -2.52. The molecule has 1 spiro atoms. The van der Waals surface area contributed by atoms with Gasteiger partial charge in [0.1, 0.15) is 5.65 Å². The highest BCUT2D eigenvalue weighted by atomic mass is 19.1. The summed E-state index contributed by atoms with van der Waals surface area (Å²) in [6.45, 7) is 6.50. The fourth-order valence-electron chi connectivity index (χ4n) is 4.53. The largest absolute Gasteiger partial charge is 0.367 e. The normalized spacial score (nSPS) is 17.7. The van der Waals surface area contributed by atoms with Crippen LogP contribution in [0.25, 0.3) is 22.7 Å². The molecule has 0 aromatic carbocycles. The SMILES string of the molecule is Cc1cn2cc(-c3nc(=O)n4cc(N5CCNC6(CC6)C5)cc(C)c4n3)cc(F)c2n1. The fourth-order valence-corrected chi connectivity index (χ4v) is 4.53. The summed E-state index contributed by atoms with van der Waals surface area (Å²) >= 11 is 0. The van der Waals surface area contributed by atoms with Gasteiger partial charge in [0.2, 0.25) is 0 Å². The van der Waals surface area contributed by atoms with Crippen molar-refractivity contribution in [3.05, 3.63) is 58.3 Å². The Bertz CT molecular complexity index is 1420. The number of anilines is 1. The fraction of sp³-hybridized carbons (Fsp3) is 0.364. The Morgan fingerprint density at radius 1 is 1.06 bits per heavy atom. The third kappa shape index (κ3) is 2.99. The van der Waals surface area contributed by atoms with E-state index in [1.54, 1.807) is 23.7 Å². The molecule has 0 atom stereocenters. The predicted molar refractivity (Wildman–Crippen MR) is 115 cm³/mol. The van der Waals surface area contributed by atoms with Crippen molar-refractivity contribution < 1.29 is 4.39 Å². The molecule has 31 heavy (non-hydrogen) atoms. The molecule has 2 aliphatic rings. The first-order chi connectivity index (χ1) is 14.9.